The zero-order chi connectivity index (χ0) is 5.70. The molecule has 0 bridgehead atoms. The third-order valence-electron chi connectivity index (χ3n) is 0.204. The summed E-state index contributed by atoms with van der Waals surface area (Å²) in [6.45, 7) is 2.00. The lowest BCUT2D eigenvalue weighted by Gasteiger charge is -1.68. The first kappa shape index (κ1) is 8.26. The summed E-state index contributed by atoms with van der Waals surface area (Å²) in [6, 6.07) is 0. The highest BCUT2D eigenvalue weighted by molar-refractivity contribution is 8.20. The van der Waals surface area contributed by atoms with Gasteiger partial charge in [-0.2, -0.15) is 0 Å². The first-order valence-electron chi connectivity index (χ1n) is 1.58. The van der Waals surface area contributed by atoms with Crippen molar-refractivity contribution in [3.05, 3.63) is 0 Å². The number of rotatable bonds is 0. The highest BCUT2D eigenvalue weighted by Crippen LogP contribution is 2.51. The summed E-state index contributed by atoms with van der Waals surface area (Å²) in [5, 5.41) is 0. The van der Waals surface area contributed by atoms with Gasteiger partial charge in [0.1, 0.15) is 0 Å². The predicted octanol–water partition coefficient (Wildman–Crippen LogP) is 2.95. The molecule has 0 amide bonds. The minimum atomic E-state index is -1.20. The molecule has 0 aliphatic carbocycles. The van der Waals surface area contributed by atoms with Crippen LogP contribution in [0.5, 0.6) is 0 Å². The van der Waals surface area contributed by atoms with E-state index in [0.29, 0.717) is 0 Å². The molecule has 0 aromatic carbocycles. The van der Waals surface area contributed by atoms with Crippen molar-refractivity contribution in [3.8, 4) is 0 Å². The van der Waals surface area contributed by atoms with E-state index in [-0.39, 0.29) is 0 Å². The fourth-order valence-electron chi connectivity index (χ4n) is 0. The Hall–Kier alpha value is 1.26. The summed E-state index contributed by atoms with van der Waals surface area (Å²) in [4.78, 5) is 0. The van der Waals surface area contributed by atoms with E-state index in [1.807, 2.05) is 0 Å². The van der Waals surface area contributed by atoms with E-state index in [1.165, 1.54) is 0 Å². The quantitative estimate of drug-likeness (QED) is 0.413. The minimum Gasteiger partial charge on any atom is -0.377 e. The molecule has 7 heavy (non-hydrogen) atoms. The Morgan fingerprint density at radius 1 is 1.14 bits per heavy atom. The fraction of sp³-hybridized carbons (Fsp3) is 1.00. The summed E-state index contributed by atoms with van der Waals surface area (Å²) in [5.74, 6) is -1.20. The van der Waals surface area contributed by atoms with Gasteiger partial charge in [-0.3, -0.25) is 0 Å². The smallest absolute Gasteiger partial charge is 0.179 e. The third-order valence-corrected chi connectivity index (χ3v) is 0.204. The Bertz CT molecular complexity index is 34.4. The van der Waals surface area contributed by atoms with Crippen LogP contribution in [0.2, 0.25) is 0 Å². The molecule has 0 unspecified atom stereocenters. The molecule has 0 radical (unpaired) electrons. The van der Waals surface area contributed by atoms with E-state index >= 15 is 0 Å². The molecule has 1 saturated heterocycles. The van der Waals surface area contributed by atoms with Gasteiger partial charge < -0.3 is 4.74 Å². The van der Waals surface area contributed by atoms with Gasteiger partial charge >= 0.3 is 0 Å². The van der Waals surface area contributed by atoms with E-state index in [9.17, 15) is 0 Å². The summed E-state index contributed by atoms with van der Waals surface area (Å²) >= 11 is 14.6. The maximum atomic E-state index is 4.87. The molecule has 0 spiro atoms. The standard InChI is InChI=1S/C2H4O.Cl3P/c1-2-3-1;1-4(2)3/h1-2H2;. The fourth-order valence-corrected chi connectivity index (χ4v) is 0. The molecule has 1 rings (SSSR count). The number of ether oxygens (including phenoxy) is 1. The van der Waals surface area contributed by atoms with Crippen LogP contribution in [0, 0.1) is 0 Å². The molecule has 0 saturated carbocycles. The normalized spacial score (nSPS) is 15.4. The van der Waals surface area contributed by atoms with Crippen LogP contribution in [0.4, 0.5) is 0 Å². The molecule has 1 heterocycles. The maximum Gasteiger partial charge on any atom is 0.179 e. The van der Waals surface area contributed by atoms with Crippen LogP contribution in [-0.2, 0) is 4.74 Å². The second-order valence-electron chi connectivity index (χ2n) is 0.804. The van der Waals surface area contributed by atoms with Crippen LogP contribution in [0.1, 0.15) is 0 Å². The predicted molar refractivity (Wildman–Crippen MR) is 35.3 cm³/mol. The molecule has 5 heteroatoms. The van der Waals surface area contributed by atoms with Gasteiger partial charge in [0.25, 0.3) is 0 Å². The van der Waals surface area contributed by atoms with Crippen molar-refractivity contribution >= 4 is 39.7 Å². The molecule has 1 aliphatic heterocycles. The number of halogens is 3. The van der Waals surface area contributed by atoms with Crippen molar-refractivity contribution in [2.24, 2.45) is 0 Å². The molecule has 0 aromatic rings. The van der Waals surface area contributed by atoms with Gasteiger partial charge in [-0.15, -0.1) is 0 Å². The maximum absolute atomic E-state index is 4.87. The Morgan fingerprint density at radius 2 is 1.29 bits per heavy atom. The molecule has 44 valence electrons. The lowest BCUT2D eigenvalue weighted by Crippen LogP contribution is -1.20. The first-order valence-corrected chi connectivity index (χ1v) is 5.64. The van der Waals surface area contributed by atoms with Crippen LogP contribution in [0.25, 0.3) is 0 Å². The molecule has 0 atom stereocenters. The van der Waals surface area contributed by atoms with E-state index in [2.05, 4.69) is 4.74 Å². The van der Waals surface area contributed by atoms with Crippen molar-refractivity contribution < 1.29 is 4.74 Å². The number of hydrogen-bond acceptors (Lipinski definition) is 1. The highest BCUT2D eigenvalue weighted by Gasteiger charge is 1.94. The van der Waals surface area contributed by atoms with Crippen molar-refractivity contribution in [3.63, 3.8) is 0 Å². The Labute approximate surface area is 58.0 Å². The molecule has 0 N–H and O–H groups in total. The second-order valence-corrected chi connectivity index (χ2v) is 5.79. The van der Waals surface area contributed by atoms with Crippen molar-refractivity contribution in [2.75, 3.05) is 13.2 Å². The summed E-state index contributed by atoms with van der Waals surface area (Å²) in [5.41, 5.74) is 0. The molecule has 0 aromatic heterocycles. The second kappa shape index (κ2) is 5.40. The summed E-state index contributed by atoms with van der Waals surface area (Å²) in [6.07, 6.45) is 0. The largest absolute Gasteiger partial charge is 0.377 e. The monoisotopic (exact) mass is 180 g/mol. The molecular weight excluding hydrogens is 177 g/mol. The number of hydrogen-bond donors (Lipinski definition) is 0. The van der Waals surface area contributed by atoms with Crippen LogP contribution < -0.4 is 0 Å². The average Bonchev–Trinajstić information content (AvgIpc) is 2.02. The van der Waals surface area contributed by atoms with Crippen LogP contribution in [0.15, 0.2) is 0 Å². The molecule has 1 aliphatic rings. The van der Waals surface area contributed by atoms with Gasteiger partial charge in [0.2, 0.25) is 0 Å². The van der Waals surface area contributed by atoms with Crippen molar-refractivity contribution in [2.45, 2.75) is 0 Å². The van der Waals surface area contributed by atoms with Crippen LogP contribution >= 0.6 is 39.7 Å². The lowest BCUT2D eigenvalue weighted by molar-refractivity contribution is 0.475. The zero-order valence-electron chi connectivity index (χ0n) is 3.40. The molecule has 1 fully saturated rings. The summed E-state index contributed by atoms with van der Waals surface area (Å²) in [7, 11) is 0. The van der Waals surface area contributed by atoms with Gasteiger partial charge in [0, 0.05) is 0 Å². The first-order chi connectivity index (χ1) is 3.23. The van der Waals surface area contributed by atoms with E-state index < -0.39 is 5.98 Å². The lowest BCUT2D eigenvalue weighted by atomic mass is 11.0. The average molecular weight is 181 g/mol. The van der Waals surface area contributed by atoms with Crippen molar-refractivity contribution in [1.29, 1.82) is 0 Å². The molecule has 1 nitrogen and oxygen atoms in total. The Kier molecular flexibility index (Phi) is 6.37. The van der Waals surface area contributed by atoms with E-state index in [1.54, 1.807) is 0 Å². The summed E-state index contributed by atoms with van der Waals surface area (Å²) < 4.78 is 4.50. The van der Waals surface area contributed by atoms with Crippen LogP contribution in [-0.4, -0.2) is 13.2 Å². The highest BCUT2D eigenvalue weighted by atomic mass is 36.0. The third kappa shape index (κ3) is 39.3. The van der Waals surface area contributed by atoms with Crippen LogP contribution in [0.3, 0.4) is 0 Å². The van der Waals surface area contributed by atoms with Gasteiger partial charge in [0.05, 0.1) is 13.2 Å². The Morgan fingerprint density at radius 3 is 1.29 bits per heavy atom. The molecular formula is C2H4Cl3OP. The number of epoxide rings is 1. The van der Waals surface area contributed by atoms with Gasteiger partial charge in [-0.05, 0) is 0 Å². The van der Waals surface area contributed by atoms with E-state index in [0.717, 1.165) is 13.2 Å². The van der Waals surface area contributed by atoms with Crippen molar-refractivity contribution in [1.82, 2.24) is 0 Å². The van der Waals surface area contributed by atoms with Gasteiger partial charge in [0.15, 0.2) is 5.98 Å². The topological polar surface area (TPSA) is 12.5 Å². The van der Waals surface area contributed by atoms with Gasteiger partial charge in [-0.1, -0.05) is 33.7 Å². The Balaban J connectivity index is 0.000000105. The zero-order valence-corrected chi connectivity index (χ0v) is 6.57. The van der Waals surface area contributed by atoms with E-state index in [4.69, 9.17) is 33.7 Å². The minimum absolute atomic E-state index is 1.00. The van der Waals surface area contributed by atoms with Gasteiger partial charge in [-0.25, -0.2) is 0 Å². The SMILES string of the molecule is C1CO1.ClP(Cl)Cl.